The quantitative estimate of drug-likeness (QED) is 0.442. The zero-order chi connectivity index (χ0) is 22.5. The van der Waals surface area contributed by atoms with Gasteiger partial charge in [-0.15, -0.1) is 11.3 Å². The molecule has 0 saturated carbocycles. The van der Waals surface area contributed by atoms with Crippen LogP contribution in [0.2, 0.25) is 0 Å². The number of thiazole rings is 1. The van der Waals surface area contributed by atoms with Crippen molar-refractivity contribution >= 4 is 34.2 Å². The fourth-order valence-corrected chi connectivity index (χ4v) is 4.63. The predicted molar refractivity (Wildman–Crippen MR) is 130 cm³/mol. The fourth-order valence-electron chi connectivity index (χ4n) is 4.09. The van der Waals surface area contributed by atoms with Gasteiger partial charge in [-0.25, -0.2) is 14.8 Å². The number of ether oxygens (including phenoxy) is 1. The van der Waals surface area contributed by atoms with Gasteiger partial charge in [-0.05, 0) is 49.1 Å². The zero-order valence-electron chi connectivity index (χ0n) is 18.2. The first-order valence-corrected chi connectivity index (χ1v) is 12.0. The second kappa shape index (κ2) is 9.95. The van der Waals surface area contributed by atoms with Crippen LogP contribution in [0.25, 0.3) is 22.2 Å². The van der Waals surface area contributed by atoms with E-state index in [0.29, 0.717) is 12.5 Å². The second-order valence-corrected chi connectivity index (χ2v) is 8.88. The summed E-state index contributed by atoms with van der Waals surface area (Å²) >= 11 is 1.49. The molecule has 7 nitrogen and oxygen atoms in total. The number of amides is 1. The van der Waals surface area contributed by atoms with E-state index in [1.807, 2.05) is 23.7 Å². The molecule has 1 fully saturated rings. The van der Waals surface area contributed by atoms with E-state index in [-0.39, 0.29) is 12.7 Å². The first-order valence-electron chi connectivity index (χ1n) is 11.1. The number of aromatic nitrogens is 3. The molecule has 1 aromatic carbocycles. The number of rotatable bonds is 6. The van der Waals surface area contributed by atoms with Crippen LogP contribution >= 0.6 is 11.3 Å². The second-order valence-electron chi connectivity index (χ2n) is 8.16. The van der Waals surface area contributed by atoms with Crippen molar-refractivity contribution < 1.29 is 9.53 Å². The number of carbonyl (C=O) groups is 1. The SMILES string of the molecule is O=C(NCC1CCN(c2cccc(-c3ccc4ncccc4c3)n2)CC1)OCc1cscn1. The Labute approximate surface area is 196 Å². The van der Waals surface area contributed by atoms with E-state index >= 15 is 0 Å². The van der Waals surface area contributed by atoms with Crippen molar-refractivity contribution in [3.8, 4) is 11.3 Å². The maximum Gasteiger partial charge on any atom is 0.407 e. The summed E-state index contributed by atoms with van der Waals surface area (Å²) in [6, 6.07) is 16.5. The third-order valence-corrected chi connectivity index (χ3v) is 6.58. The molecule has 4 heterocycles. The Kier molecular flexibility index (Phi) is 6.44. The van der Waals surface area contributed by atoms with E-state index in [1.165, 1.54) is 11.3 Å². The Morgan fingerprint density at radius 3 is 2.88 bits per heavy atom. The molecule has 0 radical (unpaired) electrons. The number of pyridine rings is 2. The molecule has 1 saturated heterocycles. The van der Waals surface area contributed by atoms with Crippen molar-refractivity contribution in [3.63, 3.8) is 0 Å². The summed E-state index contributed by atoms with van der Waals surface area (Å²) in [6.45, 7) is 2.67. The maximum atomic E-state index is 11.9. The summed E-state index contributed by atoms with van der Waals surface area (Å²) in [7, 11) is 0. The van der Waals surface area contributed by atoms with Gasteiger partial charge >= 0.3 is 6.09 Å². The van der Waals surface area contributed by atoms with Gasteiger partial charge in [0.05, 0.1) is 22.4 Å². The lowest BCUT2D eigenvalue weighted by atomic mass is 9.97. The lowest BCUT2D eigenvalue weighted by molar-refractivity contribution is 0.136. The van der Waals surface area contributed by atoms with E-state index in [0.717, 1.165) is 59.6 Å². The molecule has 0 atom stereocenters. The van der Waals surface area contributed by atoms with Crippen LogP contribution in [0.4, 0.5) is 10.6 Å². The molecule has 5 rings (SSSR count). The molecule has 1 aliphatic rings. The molecule has 1 amide bonds. The highest BCUT2D eigenvalue weighted by molar-refractivity contribution is 7.07. The van der Waals surface area contributed by atoms with Gasteiger partial charge in [0, 0.05) is 42.2 Å². The minimum absolute atomic E-state index is 0.212. The monoisotopic (exact) mass is 459 g/mol. The minimum Gasteiger partial charge on any atom is -0.443 e. The molecule has 4 aromatic rings. The van der Waals surface area contributed by atoms with E-state index in [1.54, 1.807) is 5.51 Å². The molecule has 33 heavy (non-hydrogen) atoms. The predicted octanol–water partition coefficient (Wildman–Crippen LogP) is 4.90. The van der Waals surface area contributed by atoms with Crippen LogP contribution < -0.4 is 10.2 Å². The normalized spacial score (nSPS) is 14.4. The Bertz CT molecular complexity index is 1220. The van der Waals surface area contributed by atoms with Crippen LogP contribution in [0.1, 0.15) is 18.5 Å². The van der Waals surface area contributed by atoms with Crippen LogP contribution in [0, 0.1) is 5.92 Å². The molecule has 0 unspecified atom stereocenters. The van der Waals surface area contributed by atoms with Gasteiger partial charge in [-0.1, -0.05) is 18.2 Å². The van der Waals surface area contributed by atoms with Crippen LogP contribution in [0.5, 0.6) is 0 Å². The van der Waals surface area contributed by atoms with Crippen molar-refractivity contribution in [2.24, 2.45) is 5.92 Å². The third kappa shape index (κ3) is 5.28. The topological polar surface area (TPSA) is 80.2 Å². The van der Waals surface area contributed by atoms with Crippen LogP contribution in [0.15, 0.2) is 65.6 Å². The number of piperidine rings is 1. The molecule has 168 valence electrons. The summed E-state index contributed by atoms with van der Waals surface area (Å²) in [5.41, 5.74) is 5.55. The minimum atomic E-state index is -0.384. The maximum absolute atomic E-state index is 11.9. The van der Waals surface area contributed by atoms with E-state index in [4.69, 9.17) is 9.72 Å². The van der Waals surface area contributed by atoms with Crippen LogP contribution in [0.3, 0.4) is 0 Å². The standard InChI is InChI=1S/C25H25N5O2S/c31-25(32-15-21-16-33-17-28-21)27-14-18-8-11-30(12-9-18)24-5-1-4-23(29-24)20-6-7-22-19(13-20)3-2-10-26-22/h1-7,10,13,16-18H,8-9,11-12,14-15H2,(H,27,31). The summed E-state index contributed by atoms with van der Waals surface area (Å²) in [5.74, 6) is 1.43. The average Bonchev–Trinajstić information content (AvgIpc) is 3.40. The first kappa shape index (κ1) is 21.3. The van der Waals surface area contributed by atoms with Gasteiger partial charge in [0.2, 0.25) is 0 Å². The number of carbonyl (C=O) groups excluding carboxylic acids is 1. The van der Waals surface area contributed by atoms with Gasteiger partial charge in [0.1, 0.15) is 12.4 Å². The van der Waals surface area contributed by atoms with Gasteiger partial charge in [0.25, 0.3) is 0 Å². The number of anilines is 1. The Morgan fingerprint density at radius 1 is 1.12 bits per heavy atom. The van der Waals surface area contributed by atoms with Crippen molar-refractivity contribution in [1.29, 1.82) is 0 Å². The molecule has 1 aliphatic heterocycles. The van der Waals surface area contributed by atoms with Crippen molar-refractivity contribution in [1.82, 2.24) is 20.3 Å². The average molecular weight is 460 g/mol. The van der Waals surface area contributed by atoms with Crippen molar-refractivity contribution in [2.75, 3.05) is 24.5 Å². The van der Waals surface area contributed by atoms with Crippen molar-refractivity contribution in [2.45, 2.75) is 19.4 Å². The highest BCUT2D eigenvalue weighted by atomic mass is 32.1. The van der Waals surface area contributed by atoms with Gasteiger partial charge in [-0.3, -0.25) is 4.98 Å². The van der Waals surface area contributed by atoms with Gasteiger partial charge < -0.3 is 15.0 Å². The fraction of sp³-hybridized carbons (Fsp3) is 0.280. The molecule has 0 aliphatic carbocycles. The largest absolute Gasteiger partial charge is 0.443 e. The number of alkyl carbamates (subject to hydrolysis) is 1. The Balaban J connectivity index is 1.14. The number of hydrogen-bond donors (Lipinski definition) is 1. The van der Waals surface area contributed by atoms with E-state index in [9.17, 15) is 4.79 Å². The zero-order valence-corrected chi connectivity index (χ0v) is 19.0. The highest BCUT2D eigenvalue weighted by Crippen LogP contribution is 2.26. The number of fused-ring (bicyclic) bond motifs is 1. The summed E-state index contributed by atoms with van der Waals surface area (Å²) in [4.78, 5) is 27.7. The lowest BCUT2D eigenvalue weighted by Crippen LogP contribution is -2.39. The Morgan fingerprint density at radius 2 is 2.03 bits per heavy atom. The molecular formula is C25H25N5O2S. The molecular weight excluding hydrogens is 434 g/mol. The highest BCUT2D eigenvalue weighted by Gasteiger charge is 2.21. The third-order valence-electron chi connectivity index (χ3n) is 5.94. The molecule has 0 bridgehead atoms. The molecule has 3 aromatic heterocycles. The number of benzene rings is 1. The van der Waals surface area contributed by atoms with Gasteiger partial charge in [0.15, 0.2) is 0 Å². The van der Waals surface area contributed by atoms with E-state index in [2.05, 4.69) is 56.6 Å². The smallest absolute Gasteiger partial charge is 0.407 e. The van der Waals surface area contributed by atoms with Crippen LogP contribution in [-0.2, 0) is 11.3 Å². The van der Waals surface area contributed by atoms with Gasteiger partial charge in [-0.2, -0.15) is 0 Å². The van der Waals surface area contributed by atoms with E-state index < -0.39 is 0 Å². The number of hydrogen-bond acceptors (Lipinski definition) is 7. The number of nitrogens with zero attached hydrogens (tertiary/aromatic N) is 4. The van der Waals surface area contributed by atoms with Crippen molar-refractivity contribution in [3.05, 3.63) is 71.3 Å². The molecule has 0 spiro atoms. The number of nitrogens with one attached hydrogen (secondary N) is 1. The summed E-state index contributed by atoms with van der Waals surface area (Å²) in [5, 5.41) is 5.88. The summed E-state index contributed by atoms with van der Waals surface area (Å²) < 4.78 is 5.22. The van der Waals surface area contributed by atoms with Crippen LogP contribution in [-0.4, -0.2) is 40.7 Å². The molecule has 1 N–H and O–H groups in total. The summed E-state index contributed by atoms with van der Waals surface area (Å²) in [6.07, 6.45) is 3.43. The first-order chi connectivity index (χ1) is 16.2. The lowest BCUT2D eigenvalue weighted by Gasteiger charge is -2.33. The Hall–Kier alpha value is -3.52. The molecule has 8 heteroatoms.